The fourth-order valence-electron chi connectivity index (χ4n) is 7.78. The lowest BCUT2D eigenvalue weighted by atomic mass is 10.1. The van der Waals surface area contributed by atoms with Crippen LogP contribution in [-0.2, 0) is 0 Å². The molecule has 238 valence electrons. The quantitative estimate of drug-likeness (QED) is 0.190. The van der Waals surface area contributed by atoms with Crippen LogP contribution in [0.15, 0.2) is 168 Å². The molecule has 0 unspecified atom stereocenters. The third kappa shape index (κ3) is 4.07. The van der Waals surface area contributed by atoms with Gasteiger partial charge in [-0.3, -0.25) is 4.57 Å². The van der Waals surface area contributed by atoms with E-state index >= 15 is 0 Å². The van der Waals surface area contributed by atoms with Crippen molar-refractivity contribution in [3.63, 3.8) is 0 Å². The van der Waals surface area contributed by atoms with Gasteiger partial charge in [0, 0.05) is 43.7 Å². The van der Waals surface area contributed by atoms with Gasteiger partial charge in [-0.25, -0.2) is 4.98 Å². The van der Waals surface area contributed by atoms with Crippen molar-refractivity contribution in [1.29, 1.82) is 0 Å². The Morgan fingerprint density at radius 1 is 0.392 bits per heavy atom. The summed E-state index contributed by atoms with van der Waals surface area (Å²) in [6.07, 6.45) is 0. The van der Waals surface area contributed by atoms with Gasteiger partial charge < -0.3 is 8.98 Å². The number of nitrogens with zero attached hydrogens (tertiary/aromatic N) is 5. The van der Waals surface area contributed by atoms with E-state index in [9.17, 15) is 0 Å². The molecule has 7 aromatic carbocycles. The maximum atomic E-state index is 6.66. The van der Waals surface area contributed by atoms with E-state index in [1.807, 2.05) is 72.8 Å². The Bertz CT molecular complexity index is 3060. The molecule has 0 N–H and O–H groups in total. The van der Waals surface area contributed by atoms with Crippen LogP contribution in [0.1, 0.15) is 0 Å². The maximum Gasteiger partial charge on any atom is 0.238 e. The number of furan rings is 1. The van der Waals surface area contributed by atoms with Gasteiger partial charge in [-0.15, -0.1) is 0 Å². The molecule has 0 fully saturated rings. The molecular formula is C45H27N5O. The van der Waals surface area contributed by atoms with Gasteiger partial charge >= 0.3 is 0 Å². The molecule has 0 radical (unpaired) electrons. The molecule has 0 aliphatic heterocycles. The monoisotopic (exact) mass is 653 g/mol. The molecule has 0 atom stereocenters. The Morgan fingerprint density at radius 3 is 1.67 bits per heavy atom. The SMILES string of the molecule is c1ccc(-c2nc(-c3ccccc3)nc(-n3c4ccccc4c4c3ccc3c5c6oc7ccccc7c6ccc5n(-c5ccccc5)c34)n2)cc1. The van der Waals surface area contributed by atoms with Gasteiger partial charge in [0.2, 0.25) is 5.95 Å². The Balaban J connectivity index is 1.30. The van der Waals surface area contributed by atoms with Gasteiger partial charge in [0.05, 0.1) is 27.5 Å². The largest absolute Gasteiger partial charge is 0.455 e. The van der Waals surface area contributed by atoms with Gasteiger partial charge in [-0.1, -0.05) is 115 Å². The standard InChI is InChI=1S/C45H27N5O/c1-4-14-28(15-5-1)43-46-44(29-16-6-2-7-17-29)48-45(47-43)50-35-22-12-10-21-33(35)39-36(50)27-25-34-40-37(49(41(34)39)30-18-8-3-9-19-30)26-24-32-31-20-11-13-23-38(31)51-42(32)40/h1-27H. The summed E-state index contributed by atoms with van der Waals surface area (Å²) < 4.78 is 11.2. The van der Waals surface area contributed by atoms with Crippen LogP contribution in [-0.4, -0.2) is 24.1 Å². The van der Waals surface area contributed by atoms with Crippen molar-refractivity contribution in [3.05, 3.63) is 164 Å². The van der Waals surface area contributed by atoms with Gasteiger partial charge in [0.1, 0.15) is 11.2 Å². The predicted molar refractivity (Wildman–Crippen MR) is 207 cm³/mol. The predicted octanol–water partition coefficient (Wildman–Crippen LogP) is 11.3. The van der Waals surface area contributed by atoms with Crippen molar-refractivity contribution in [3.8, 4) is 34.4 Å². The van der Waals surface area contributed by atoms with Gasteiger partial charge in [-0.05, 0) is 48.5 Å². The van der Waals surface area contributed by atoms with Crippen LogP contribution < -0.4 is 0 Å². The van der Waals surface area contributed by atoms with Gasteiger partial charge in [0.25, 0.3) is 0 Å². The highest BCUT2D eigenvalue weighted by Crippen LogP contribution is 2.45. The van der Waals surface area contributed by atoms with E-state index in [1.165, 1.54) is 0 Å². The second-order valence-electron chi connectivity index (χ2n) is 12.8. The summed E-state index contributed by atoms with van der Waals surface area (Å²) in [7, 11) is 0. The van der Waals surface area contributed by atoms with Crippen LogP contribution in [0.25, 0.3) is 100.0 Å². The number of hydrogen-bond donors (Lipinski definition) is 0. The number of benzene rings is 7. The lowest BCUT2D eigenvalue weighted by molar-refractivity contribution is 0.673. The molecule has 11 aromatic rings. The third-order valence-electron chi connectivity index (χ3n) is 9.97. The lowest BCUT2D eigenvalue weighted by Gasteiger charge is -2.11. The molecule has 0 spiro atoms. The summed E-state index contributed by atoms with van der Waals surface area (Å²) in [6.45, 7) is 0. The minimum absolute atomic E-state index is 0.565. The fraction of sp³-hybridized carbons (Fsp3) is 0. The highest BCUT2D eigenvalue weighted by atomic mass is 16.3. The van der Waals surface area contributed by atoms with Crippen molar-refractivity contribution in [2.75, 3.05) is 0 Å². The molecule has 0 amide bonds. The van der Waals surface area contributed by atoms with Crippen molar-refractivity contribution in [2.45, 2.75) is 0 Å². The number of hydrogen-bond acceptors (Lipinski definition) is 4. The molecule has 4 aromatic heterocycles. The third-order valence-corrected chi connectivity index (χ3v) is 9.97. The Kier molecular flexibility index (Phi) is 5.86. The van der Waals surface area contributed by atoms with Crippen LogP contribution in [0.4, 0.5) is 0 Å². The fourth-order valence-corrected chi connectivity index (χ4v) is 7.78. The first-order valence-corrected chi connectivity index (χ1v) is 17.0. The maximum absolute atomic E-state index is 6.66. The van der Waals surface area contributed by atoms with Crippen LogP contribution in [0.2, 0.25) is 0 Å². The average molecular weight is 654 g/mol. The number of para-hydroxylation sites is 3. The summed E-state index contributed by atoms with van der Waals surface area (Å²) in [4.78, 5) is 15.3. The Morgan fingerprint density at radius 2 is 0.961 bits per heavy atom. The summed E-state index contributed by atoms with van der Waals surface area (Å²) in [6, 6.07) is 56.5. The lowest BCUT2D eigenvalue weighted by Crippen LogP contribution is -2.06. The van der Waals surface area contributed by atoms with E-state index in [0.717, 1.165) is 82.4 Å². The molecular weight excluding hydrogens is 627 g/mol. The molecule has 0 bridgehead atoms. The molecule has 0 saturated heterocycles. The number of fused-ring (bicyclic) bond motifs is 11. The summed E-state index contributed by atoms with van der Waals surface area (Å²) in [5, 5.41) is 6.68. The highest BCUT2D eigenvalue weighted by molar-refractivity contribution is 6.30. The summed E-state index contributed by atoms with van der Waals surface area (Å²) >= 11 is 0. The van der Waals surface area contributed by atoms with E-state index in [-0.39, 0.29) is 0 Å². The van der Waals surface area contributed by atoms with Crippen molar-refractivity contribution in [2.24, 2.45) is 0 Å². The van der Waals surface area contributed by atoms with E-state index in [2.05, 4.69) is 100 Å². The first-order chi connectivity index (χ1) is 25.3. The van der Waals surface area contributed by atoms with Crippen LogP contribution >= 0.6 is 0 Å². The smallest absolute Gasteiger partial charge is 0.238 e. The van der Waals surface area contributed by atoms with Crippen molar-refractivity contribution >= 4 is 65.6 Å². The minimum atomic E-state index is 0.565. The van der Waals surface area contributed by atoms with E-state index in [1.54, 1.807) is 0 Å². The van der Waals surface area contributed by atoms with Crippen LogP contribution in [0.5, 0.6) is 0 Å². The Hall–Kier alpha value is -7.05. The average Bonchev–Trinajstić information content (AvgIpc) is 3.86. The van der Waals surface area contributed by atoms with E-state index in [4.69, 9.17) is 19.4 Å². The molecule has 0 aliphatic rings. The first-order valence-electron chi connectivity index (χ1n) is 17.0. The second-order valence-corrected chi connectivity index (χ2v) is 12.8. The summed E-state index contributed by atoms with van der Waals surface area (Å²) in [5.41, 5.74) is 8.95. The molecule has 0 aliphatic carbocycles. The van der Waals surface area contributed by atoms with Crippen LogP contribution in [0.3, 0.4) is 0 Å². The highest BCUT2D eigenvalue weighted by Gasteiger charge is 2.25. The normalized spacial score (nSPS) is 11.9. The van der Waals surface area contributed by atoms with Crippen molar-refractivity contribution < 1.29 is 4.42 Å². The van der Waals surface area contributed by atoms with Crippen molar-refractivity contribution in [1.82, 2.24) is 24.1 Å². The topological polar surface area (TPSA) is 61.7 Å². The van der Waals surface area contributed by atoms with Gasteiger partial charge in [-0.2, -0.15) is 9.97 Å². The second kappa shape index (κ2) is 10.7. The zero-order chi connectivity index (χ0) is 33.5. The number of rotatable bonds is 4. The zero-order valence-electron chi connectivity index (χ0n) is 27.2. The molecule has 6 nitrogen and oxygen atoms in total. The Labute approximate surface area is 291 Å². The molecule has 51 heavy (non-hydrogen) atoms. The molecule has 4 heterocycles. The van der Waals surface area contributed by atoms with Crippen LogP contribution in [0, 0.1) is 0 Å². The minimum Gasteiger partial charge on any atom is -0.455 e. The molecule has 0 saturated carbocycles. The van der Waals surface area contributed by atoms with E-state index in [0.29, 0.717) is 17.6 Å². The first kappa shape index (κ1) is 27.9. The van der Waals surface area contributed by atoms with E-state index < -0.39 is 0 Å². The van der Waals surface area contributed by atoms with Gasteiger partial charge in [0.15, 0.2) is 11.6 Å². The molecule has 6 heteroatoms. The molecule has 11 rings (SSSR count). The zero-order valence-corrected chi connectivity index (χ0v) is 27.2. The number of aromatic nitrogens is 5. The summed E-state index contributed by atoms with van der Waals surface area (Å²) in [5.74, 6) is 1.81.